The Balaban J connectivity index is 2.25. The van der Waals surface area contributed by atoms with Crippen molar-refractivity contribution in [3.8, 4) is 6.07 Å². The van der Waals surface area contributed by atoms with Gasteiger partial charge in [0.05, 0.1) is 5.69 Å². The lowest BCUT2D eigenvalue weighted by atomic mass is 10.1. The molecule has 0 fully saturated rings. The van der Waals surface area contributed by atoms with Crippen molar-refractivity contribution in [2.45, 2.75) is 19.9 Å². The average Bonchev–Trinajstić information content (AvgIpc) is 2.86. The monoisotopic (exact) mass is 268 g/mol. The van der Waals surface area contributed by atoms with Crippen LogP contribution in [0.3, 0.4) is 0 Å². The Kier molecular flexibility index (Phi) is 4.64. The maximum Gasteiger partial charge on any atom is 0.190 e. The van der Waals surface area contributed by atoms with Crippen molar-refractivity contribution in [2.24, 2.45) is 0 Å². The molecule has 2 aromatic rings. The molecule has 102 valence electrons. The summed E-state index contributed by atoms with van der Waals surface area (Å²) in [6.07, 6.45) is 4.34. The Morgan fingerprint density at radius 1 is 1.30 bits per heavy atom. The molecular formula is C15H16N4O. The second-order valence-corrected chi connectivity index (χ2v) is 4.48. The van der Waals surface area contributed by atoms with E-state index < -0.39 is 0 Å². The first kappa shape index (κ1) is 14.0. The van der Waals surface area contributed by atoms with Gasteiger partial charge in [0.15, 0.2) is 5.69 Å². The molecular weight excluding hydrogens is 252 g/mol. The van der Waals surface area contributed by atoms with Gasteiger partial charge in [-0.05, 0) is 25.0 Å². The number of benzene rings is 1. The lowest BCUT2D eigenvalue weighted by Crippen LogP contribution is -2.04. The predicted molar refractivity (Wildman–Crippen MR) is 76.5 cm³/mol. The van der Waals surface area contributed by atoms with Gasteiger partial charge in [-0.3, -0.25) is 0 Å². The summed E-state index contributed by atoms with van der Waals surface area (Å²) in [4.78, 5) is 0. The molecule has 0 saturated heterocycles. The van der Waals surface area contributed by atoms with Gasteiger partial charge in [-0.15, -0.1) is 5.10 Å². The number of hydrogen-bond donors (Lipinski definition) is 1. The van der Waals surface area contributed by atoms with E-state index in [-0.39, 0.29) is 6.61 Å². The van der Waals surface area contributed by atoms with Crippen LogP contribution in [0.25, 0.3) is 12.2 Å². The average molecular weight is 268 g/mol. The third-order valence-corrected chi connectivity index (χ3v) is 2.92. The minimum atomic E-state index is 0.0862. The Hall–Kier alpha value is -2.45. The number of aliphatic hydroxyl groups is 1. The topological polar surface area (TPSA) is 74.7 Å². The lowest BCUT2D eigenvalue weighted by molar-refractivity contribution is 0.276. The highest BCUT2D eigenvalue weighted by atomic mass is 16.3. The molecule has 1 aromatic heterocycles. The van der Waals surface area contributed by atoms with Crippen LogP contribution in [-0.2, 0) is 6.54 Å². The molecule has 0 atom stereocenters. The zero-order chi connectivity index (χ0) is 14.4. The van der Waals surface area contributed by atoms with E-state index in [1.165, 1.54) is 5.56 Å². The number of aryl methyl sites for hydroxylation is 2. The zero-order valence-electron chi connectivity index (χ0n) is 11.3. The van der Waals surface area contributed by atoms with E-state index in [1.807, 2.05) is 49.4 Å². The summed E-state index contributed by atoms with van der Waals surface area (Å²) in [7, 11) is 0. The normalized spacial score (nSPS) is 10.8. The predicted octanol–water partition coefficient (Wildman–Crippen LogP) is 2.01. The Labute approximate surface area is 117 Å². The van der Waals surface area contributed by atoms with Crippen LogP contribution in [0.4, 0.5) is 0 Å². The zero-order valence-corrected chi connectivity index (χ0v) is 11.3. The second-order valence-electron chi connectivity index (χ2n) is 4.48. The molecule has 1 aromatic carbocycles. The first-order chi connectivity index (χ1) is 9.74. The molecule has 0 spiro atoms. The number of aromatic nitrogens is 3. The van der Waals surface area contributed by atoms with E-state index in [4.69, 9.17) is 10.4 Å². The van der Waals surface area contributed by atoms with Gasteiger partial charge in [0.2, 0.25) is 0 Å². The third kappa shape index (κ3) is 3.31. The van der Waals surface area contributed by atoms with Crippen LogP contribution >= 0.6 is 0 Å². The van der Waals surface area contributed by atoms with Crippen molar-refractivity contribution in [3.63, 3.8) is 0 Å². The van der Waals surface area contributed by atoms with E-state index >= 15 is 0 Å². The molecule has 0 saturated carbocycles. The van der Waals surface area contributed by atoms with Crippen molar-refractivity contribution in [2.75, 3.05) is 6.61 Å². The third-order valence-electron chi connectivity index (χ3n) is 2.92. The molecule has 0 unspecified atom stereocenters. The van der Waals surface area contributed by atoms with Crippen molar-refractivity contribution >= 4 is 12.2 Å². The molecule has 0 aliphatic rings. The van der Waals surface area contributed by atoms with Crippen molar-refractivity contribution < 1.29 is 5.11 Å². The summed E-state index contributed by atoms with van der Waals surface area (Å²) >= 11 is 0. The highest BCUT2D eigenvalue weighted by molar-refractivity contribution is 5.70. The van der Waals surface area contributed by atoms with Gasteiger partial charge < -0.3 is 5.11 Å². The number of nitrogens with zero attached hydrogens (tertiary/aromatic N) is 4. The summed E-state index contributed by atoms with van der Waals surface area (Å²) in [5.74, 6) is 0. The van der Waals surface area contributed by atoms with Gasteiger partial charge in [-0.2, -0.15) is 5.26 Å². The van der Waals surface area contributed by atoms with Crippen LogP contribution in [-0.4, -0.2) is 26.7 Å². The minimum Gasteiger partial charge on any atom is -0.396 e. The number of aliphatic hydroxyl groups excluding tert-OH is 1. The second kappa shape index (κ2) is 6.64. The van der Waals surface area contributed by atoms with E-state index in [9.17, 15) is 0 Å². The van der Waals surface area contributed by atoms with Crippen LogP contribution in [0, 0.1) is 18.3 Å². The van der Waals surface area contributed by atoms with Gasteiger partial charge in [0.1, 0.15) is 6.07 Å². The highest BCUT2D eigenvalue weighted by Gasteiger charge is 2.09. The molecule has 0 amide bonds. The standard InChI is InChI=1S/C15H16N4O/c1-12-3-5-13(6-4-12)7-8-15-14(11-16)17-18-19(15)9-2-10-20/h3-8,20H,2,9-10H2,1H3/b8-7+. The Bertz CT molecular complexity index is 635. The maximum atomic E-state index is 9.04. The maximum absolute atomic E-state index is 9.04. The lowest BCUT2D eigenvalue weighted by Gasteiger charge is -2.01. The molecule has 2 rings (SSSR count). The first-order valence-corrected chi connectivity index (χ1v) is 6.44. The van der Waals surface area contributed by atoms with Crippen LogP contribution < -0.4 is 0 Å². The molecule has 5 nitrogen and oxygen atoms in total. The number of hydrogen-bond acceptors (Lipinski definition) is 4. The van der Waals surface area contributed by atoms with Gasteiger partial charge in [-0.1, -0.05) is 41.1 Å². The van der Waals surface area contributed by atoms with Gasteiger partial charge in [0, 0.05) is 13.2 Å². The Morgan fingerprint density at radius 3 is 2.70 bits per heavy atom. The summed E-state index contributed by atoms with van der Waals surface area (Å²) in [5.41, 5.74) is 3.22. The summed E-state index contributed by atoms with van der Waals surface area (Å²) in [5, 5.41) is 25.7. The van der Waals surface area contributed by atoms with Crippen LogP contribution in [0.2, 0.25) is 0 Å². The van der Waals surface area contributed by atoms with Crippen LogP contribution in [0.15, 0.2) is 24.3 Å². The highest BCUT2D eigenvalue weighted by Crippen LogP contribution is 2.12. The van der Waals surface area contributed by atoms with E-state index in [2.05, 4.69) is 10.3 Å². The smallest absolute Gasteiger partial charge is 0.190 e. The minimum absolute atomic E-state index is 0.0862. The van der Waals surface area contributed by atoms with Crippen molar-refractivity contribution in [1.82, 2.24) is 15.0 Å². The summed E-state index contributed by atoms with van der Waals surface area (Å²) in [6, 6.07) is 10.1. The van der Waals surface area contributed by atoms with E-state index in [0.717, 1.165) is 5.56 Å². The summed E-state index contributed by atoms with van der Waals surface area (Å²) in [6.45, 7) is 2.66. The molecule has 1 heterocycles. The molecule has 1 N–H and O–H groups in total. The fourth-order valence-corrected chi connectivity index (χ4v) is 1.80. The largest absolute Gasteiger partial charge is 0.396 e. The Morgan fingerprint density at radius 2 is 2.05 bits per heavy atom. The van der Waals surface area contributed by atoms with Gasteiger partial charge in [0.25, 0.3) is 0 Å². The van der Waals surface area contributed by atoms with Crippen molar-refractivity contribution in [1.29, 1.82) is 5.26 Å². The first-order valence-electron chi connectivity index (χ1n) is 6.44. The van der Waals surface area contributed by atoms with Gasteiger partial charge >= 0.3 is 0 Å². The van der Waals surface area contributed by atoms with Crippen LogP contribution in [0.1, 0.15) is 28.9 Å². The summed E-state index contributed by atoms with van der Waals surface area (Å²) < 4.78 is 1.64. The molecule has 0 bridgehead atoms. The fraction of sp³-hybridized carbons (Fsp3) is 0.267. The quantitative estimate of drug-likeness (QED) is 0.900. The van der Waals surface area contributed by atoms with Gasteiger partial charge in [-0.25, -0.2) is 4.68 Å². The SMILES string of the molecule is Cc1ccc(/C=C/c2c(C#N)nnn2CCCO)cc1. The fourth-order valence-electron chi connectivity index (χ4n) is 1.80. The number of nitriles is 1. The molecule has 0 aliphatic carbocycles. The van der Waals surface area contributed by atoms with E-state index in [0.29, 0.717) is 24.4 Å². The molecule has 20 heavy (non-hydrogen) atoms. The molecule has 0 aliphatic heterocycles. The number of rotatable bonds is 5. The molecule has 0 radical (unpaired) electrons. The molecule has 5 heteroatoms. The van der Waals surface area contributed by atoms with Crippen molar-refractivity contribution in [3.05, 3.63) is 46.8 Å². The van der Waals surface area contributed by atoms with E-state index in [1.54, 1.807) is 4.68 Å². The van der Waals surface area contributed by atoms with Crippen LogP contribution in [0.5, 0.6) is 0 Å².